The van der Waals surface area contributed by atoms with Crippen molar-refractivity contribution < 1.29 is 24.1 Å². The molecule has 1 aromatic heterocycles. The van der Waals surface area contributed by atoms with E-state index < -0.39 is 6.10 Å². The Balaban J connectivity index is 1.62. The van der Waals surface area contributed by atoms with Crippen LogP contribution in [0.15, 0.2) is 42.5 Å². The predicted molar refractivity (Wildman–Crippen MR) is 121 cm³/mol. The number of benzene rings is 2. The van der Waals surface area contributed by atoms with Crippen LogP contribution in [0.1, 0.15) is 29.9 Å². The topological polar surface area (TPSA) is 82.0 Å². The molecule has 166 valence electrons. The number of aryl methyl sites for hydroxylation is 1. The second-order valence-corrected chi connectivity index (χ2v) is 7.22. The molecule has 0 amide bonds. The number of ether oxygens (including phenoxy) is 3. The van der Waals surface area contributed by atoms with E-state index in [1.165, 1.54) is 0 Å². The fraction of sp³-hybridized carbons (Fsp3) is 0.375. The summed E-state index contributed by atoms with van der Waals surface area (Å²) in [6.07, 6.45) is -0.704. The Morgan fingerprint density at radius 2 is 1.77 bits per heavy atom. The van der Waals surface area contributed by atoms with Crippen LogP contribution in [0, 0.1) is 6.92 Å². The van der Waals surface area contributed by atoms with Crippen LogP contribution in [0.3, 0.4) is 0 Å². The average Bonchev–Trinajstić information content (AvgIpc) is 3.02. The fourth-order valence-corrected chi connectivity index (χ4v) is 3.42. The zero-order valence-electron chi connectivity index (χ0n) is 18.5. The van der Waals surface area contributed by atoms with E-state index in [2.05, 4.69) is 5.32 Å². The summed E-state index contributed by atoms with van der Waals surface area (Å²) in [4.78, 5) is 12.4. The van der Waals surface area contributed by atoms with Gasteiger partial charge in [0, 0.05) is 35.9 Å². The van der Waals surface area contributed by atoms with Gasteiger partial charge < -0.3 is 29.2 Å². The molecule has 0 aliphatic rings. The van der Waals surface area contributed by atoms with Crippen molar-refractivity contribution in [2.75, 3.05) is 31.7 Å². The average molecular weight is 427 g/mol. The first-order valence-electron chi connectivity index (χ1n) is 10.5. The summed E-state index contributed by atoms with van der Waals surface area (Å²) in [6.45, 7) is 7.03. The minimum atomic E-state index is -0.704. The molecule has 2 N–H and O–H groups in total. The van der Waals surface area contributed by atoms with Crippen molar-refractivity contribution in [3.05, 3.63) is 53.7 Å². The lowest BCUT2D eigenvalue weighted by Gasteiger charge is -2.14. The van der Waals surface area contributed by atoms with Gasteiger partial charge in [-0.1, -0.05) is 0 Å². The fourth-order valence-electron chi connectivity index (χ4n) is 3.42. The Bertz CT molecular complexity index is 1030. The highest BCUT2D eigenvalue weighted by molar-refractivity contribution is 6.06. The molecule has 2 aromatic carbocycles. The lowest BCUT2D eigenvalue weighted by molar-refractivity contribution is 0.0527. The van der Waals surface area contributed by atoms with E-state index in [0.717, 1.165) is 28.0 Å². The molecule has 7 heteroatoms. The summed E-state index contributed by atoms with van der Waals surface area (Å²) in [5.74, 6) is 1.05. The molecule has 0 radical (unpaired) electrons. The van der Waals surface area contributed by atoms with Gasteiger partial charge in [0.25, 0.3) is 0 Å². The van der Waals surface area contributed by atoms with Crippen LogP contribution in [0.25, 0.3) is 10.9 Å². The largest absolute Gasteiger partial charge is 0.494 e. The van der Waals surface area contributed by atoms with Crippen molar-refractivity contribution in [2.24, 2.45) is 7.05 Å². The summed E-state index contributed by atoms with van der Waals surface area (Å²) in [5.41, 5.74) is 3.20. The number of aliphatic hydroxyl groups excluding tert-OH is 1. The SMILES string of the molecule is CCOC(=O)c1c(C)n(C)c2ccc(OC[C@@H](O)CNc3ccc(OCC)cc3)cc12. The highest BCUT2D eigenvalue weighted by atomic mass is 16.5. The van der Waals surface area contributed by atoms with Crippen molar-refractivity contribution >= 4 is 22.6 Å². The lowest BCUT2D eigenvalue weighted by atomic mass is 10.1. The molecule has 0 aliphatic heterocycles. The quantitative estimate of drug-likeness (QED) is 0.479. The normalized spacial score (nSPS) is 11.9. The number of carbonyl (C=O) groups excluding carboxylic acids is 1. The number of aromatic nitrogens is 1. The van der Waals surface area contributed by atoms with Gasteiger partial charge in [0.1, 0.15) is 24.2 Å². The molecule has 1 heterocycles. The molecule has 0 saturated heterocycles. The van der Waals surface area contributed by atoms with E-state index in [0.29, 0.717) is 31.1 Å². The first kappa shape index (κ1) is 22.5. The summed E-state index contributed by atoms with van der Waals surface area (Å²) in [5, 5.41) is 14.2. The third kappa shape index (κ3) is 5.30. The maximum atomic E-state index is 12.4. The molecule has 0 spiro atoms. The number of aliphatic hydroxyl groups is 1. The third-order valence-electron chi connectivity index (χ3n) is 5.09. The molecule has 0 fully saturated rings. The number of fused-ring (bicyclic) bond motifs is 1. The molecule has 0 bridgehead atoms. The van der Waals surface area contributed by atoms with Gasteiger partial charge >= 0.3 is 5.97 Å². The molecule has 0 aliphatic carbocycles. The zero-order valence-corrected chi connectivity index (χ0v) is 18.5. The summed E-state index contributed by atoms with van der Waals surface area (Å²) in [7, 11) is 1.91. The van der Waals surface area contributed by atoms with Gasteiger partial charge in [0.15, 0.2) is 0 Å². The van der Waals surface area contributed by atoms with Gasteiger partial charge in [-0.05, 0) is 63.2 Å². The predicted octanol–water partition coefficient (Wildman–Crippen LogP) is 3.91. The van der Waals surface area contributed by atoms with Gasteiger partial charge in [0.05, 0.1) is 18.8 Å². The highest BCUT2D eigenvalue weighted by Gasteiger charge is 2.20. The number of rotatable bonds is 10. The molecule has 0 saturated carbocycles. The van der Waals surface area contributed by atoms with Crippen LogP contribution >= 0.6 is 0 Å². The van der Waals surface area contributed by atoms with Crippen LogP contribution in [0.5, 0.6) is 11.5 Å². The van der Waals surface area contributed by atoms with Crippen molar-refractivity contribution in [3.63, 3.8) is 0 Å². The smallest absolute Gasteiger partial charge is 0.340 e. The molecule has 3 aromatic rings. The lowest BCUT2D eigenvalue weighted by Crippen LogP contribution is -2.26. The van der Waals surface area contributed by atoms with E-state index in [1.807, 2.05) is 67.9 Å². The molecule has 3 rings (SSSR count). The number of esters is 1. The van der Waals surface area contributed by atoms with Gasteiger partial charge in [-0.2, -0.15) is 0 Å². The number of carbonyl (C=O) groups is 1. The Labute approximate surface area is 182 Å². The van der Waals surface area contributed by atoms with Gasteiger partial charge in [-0.3, -0.25) is 0 Å². The van der Waals surface area contributed by atoms with Crippen LogP contribution in [0.2, 0.25) is 0 Å². The first-order valence-corrected chi connectivity index (χ1v) is 10.5. The van der Waals surface area contributed by atoms with Crippen LogP contribution in [-0.4, -0.2) is 48.1 Å². The Kier molecular flexibility index (Phi) is 7.41. The minimum absolute atomic E-state index is 0.121. The standard InChI is InChI=1S/C24H30N2O5/c1-5-29-19-9-7-17(8-10-19)25-14-18(27)15-31-20-11-12-22-21(13-20)23(16(3)26(22)4)24(28)30-6-2/h7-13,18,25,27H,5-6,14-15H2,1-4H3/t18-/m0/s1. The van der Waals surface area contributed by atoms with Crippen LogP contribution in [0.4, 0.5) is 5.69 Å². The van der Waals surface area contributed by atoms with Crippen molar-refractivity contribution in [1.29, 1.82) is 0 Å². The summed E-state index contributed by atoms with van der Waals surface area (Å²) >= 11 is 0. The second kappa shape index (κ2) is 10.2. The molecular formula is C24H30N2O5. The van der Waals surface area contributed by atoms with E-state index in [9.17, 15) is 9.90 Å². The van der Waals surface area contributed by atoms with Gasteiger partial charge in [0.2, 0.25) is 0 Å². The van der Waals surface area contributed by atoms with Crippen molar-refractivity contribution in [3.8, 4) is 11.5 Å². The van der Waals surface area contributed by atoms with E-state index >= 15 is 0 Å². The number of hydrogen-bond acceptors (Lipinski definition) is 6. The second-order valence-electron chi connectivity index (χ2n) is 7.22. The Morgan fingerprint density at radius 3 is 2.45 bits per heavy atom. The maximum absolute atomic E-state index is 12.4. The number of nitrogens with one attached hydrogen (secondary N) is 1. The number of hydrogen-bond donors (Lipinski definition) is 2. The van der Waals surface area contributed by atoms with Gasteiger partial charge in [-0.25, -0.2) is 4.79 Å². The monoisotopic (exact) mass is 426 g/mol. The van der Waals surface area contributed by atoms with Crippen molar-refractivity contribution in [2.45, 2.75) is 26.9 Å². The minimum Gasteiger partial charge on any atom is -0.494 e. The Hall–Kier alpha value is -3.19. The van der Waals surface area contributed by atoms with E-state index in [1.54, 1.807) is 6.92 Å². The number of anilines is 1. The number of nitrogens with zero attached hydrogens (tertiary/aromatic N) is 1. The molecule has 1 atom stereocenters. The van der Waals surface area contributed by atoms with Crippen molar-refractivity contribution in [1.82, 2.24) is 4.57 Å². The van der Waals surface area contributed by atoms with Crippen LogP contribution < -0.4 is 14.8 Å². The Morgan fingerprint density at radius 1 is 1.06 bits per heavy atom. The molecule has 0 unspecified atom stereocenters. The zero-order chi connectivity index (χ0) is 22.4. The molecule has 31 heavy (non-hydrogen) atoms. The summed E-state index contributed by atoms with van der Waals surface area (Å²) < 4.78 is 18.4. The molecular weight excluding hydrogens is 396 g/mol. The summed E-state index contributed by atoms with van der Waals surface area (Å²) in [6, 6.07) is 13.1. The van der Waals surface area contributed by atoms with E-state index in [-0.39, 0.29) is 12.6 Å². The van der Waals surface area contributed by atoms with E-state index in [4.69, 9.17) is 14.2 Å². The first-order chi connectivity index (χ1) is 14.9. The highest BCUT2D eigenvalue weighted by Crippen LogP contribution is 2.29. The maximum Gasteiger partial charge on any atom is 0.340 e. The van der Waals surface area contributed by atoms with Gasteiger partial charge in [-0.15, -0.1) is 0 Å². The molecule has 7 nitrogen and oxygen atoms in total. The van der Waals surface area contributed by atoms with Crippen LogP contribution in [-0.2, 0) is 11.8 Å². The third-order valence-corrected chi connectivity index (χ3v) is 5.09.